The van der Waals surface area contributed by atoms with Gasteiger partial charge >= 0.3 is 5.97 Å². The lowest BCUT2D eigenvalue weighted by atomic mass is 9.86. The molecule has 0 aliphatic heterocycles. The van der Waals surface area contributed by atoms with E-state index in [9.17, 15) is 14.4 Å². The van der Waals surface area contributed by atoms with Gasteiger partial charge in [-0.15, -0.1) is 0 Å². The monoisotopic (exact) mass is 557 g/mol. The number of hydrogen-bond donors (Lipinski definition) is 0. The zero-order valence-corrected chi connectivity index (χ0v) is 25.1. The van der Waals surface area contributed by atoms with Crippen LogP contribution in [-0.2, 0) is 16.8 Å². The van der Waals surface area contributed by atoms with Gasteiger partial charge in [0.15, 0.2) is 0 Å². The highest BCUT2D eigenvalue weighted by Gasteiger charge is 2.20. The van der Waals surface area contributed by atoms with Crippen LogP contribution in [0.1, 0.15) is 98.6 Å². The van der Waals surface area contributed by atoms with Crippen LogP contribution >= 0.6 is 0 Å². The number of hydrogen-bond acceptors (Lipinski definition) is 5. The lowest BCUT2D eigenvalue weighted by molar-refractivity contribution is -0.117. The third-order valence-corrected chi connectivity index (χ3v) is 6.81. The molecule has 0 saturated carbocycles. The molecular formula is C35H43NO5. The highest BCUT2D eigenvalue weighted by Crippen LogP contribution is 2.23. The smallest absolute Gasteiger partial charge is 0.343 e. The molecule has 0 bridgehead atoms. The van der Waals surface area contributed by atoms with Gasteiger partial charge in [-0.25, -0.2) is 4.79 Å². The standard InChI is InChI=1S/C35H43NO5/c1-6-7-8-9-10-23-40-31-21-15-29(16-22-31)34(39)41-32-19-11-27(12-20-32)25-36(24-26(2)37)33(38)28-13-17-30(18-14-28)35(3,4)5/h11-22H,6-10,23-25H2,1-5H3. The van der Waals surface area contributed by atoms with E-state index in [0.29, 0.717) is 23.5 Å². The summed E-state index contributed by atoms with van der Waals surface area (Å²) in [6, 6.07) is 21.5. The van der Waals surface area contributed by atoms with Gasteiger partial charge in [0.25, 0.3) is 5.91 Å². The molecule has 0 spiro atoms. The molecule has 0 unspecified atom stereocenters. The average Bonchev–Trinajstić information content (AvgIpc) is 2.95. The molecule has 6 heteroatoms. The van der Waals surface area contributed by atoms with Crippen LogP contribution in [0.25, 0.3) is 0 Å². The van der Waals surface area contributed by atoms with Crippen molar-refractivity contribution in [1.29, 1.82) is 0 Å². The Morgan fingerprint density at radius 1 is 0.732 bits per heavy atom. The summed E-state index contributed by atoms with van der Waals surface area (Å²) in [5, 5.41) is 0. The number of carbonyl (C=O) groups excluding carboxylic acids is 3. The van der Waals surface area contributed by atoms with E-state index in [0.717, 1.165) is 29.7 Å². The van der Waals surface area contributed by atoms with Gasteiger partial charge in [-0.3, -0.25) is 9.59 Å². The van der Waals surface area contributed by atoms with Gasteiger partial charge < -0.3 is 14.4 Å². The minimum Gasteiger partial charge on any atom is -0.494 e. The first kappa shape index (κ1) is 31.6. The van der Waals surface area contributed by atoms with Crippen molar-refractivity contribution in [1.82, 2.24) is 4.90 Å². The Labute approximate surface area is 244 Å². The molecule has 0 N–H and O–H groups in total. The Bertz CT molecular complexity index is 1270. The van der Waals surface area contributed by atoms with Gasteiger partial charge in [0.2, 0.25) is 0 Å². The fraction of sp³-hybridized carbons (Fsp3) is 0.400. The quantitative estimate of drug-likeness (QED) is 0.115. The first-order valence-electron chi connectivity index (χ1n) is 14.5. The summed E-state index contributed by atoms with van der Waals surface area (Å²) in [6.45, 7) is 11.0. The third kappa shape index (κ3) is 10.2. The van der Waals surface area contributed by atoms with E-state index >= 15 is 0 Å². The van der Waals surface area contributed by atoms with Crippen LogP contribution in [-0.4, -0.2) is 35.7 Å². The molecule has 41 heavy (non-hydrogen) atoms. The van der Waals surface area contributed by atoms with E-state index in [1.54, 1.807) is 48.5 Å². The van der Waals surface area contributed by atoms with Crippen LogP contribution in [0.4, 0.5) is 0 Å². The molecule has 218 valence electrons. The summed E-state index contributed by atoms with van der Waals surface area (Å²) in [4.78, 5) is 39.4. The highest BCUT2D eigenvalue weighted by atomic mass is 16.5. The van der Waals surface area contributed by atoms with Crippen LogP contribution < -0.4 is 9.47 Å². The van der Waals surface area contributed by atoms with Gasteiger partial charge in [0.1, 0.15) is 17.3 Å². The molecule has 0 aliphatic rings. The molecule has 0 radical (unpaired) electrons. The Hall–Kier alpha value is -3.93. The number of unbranched alkanes of at least 4 members (excludes halogenated alkanes) is 4. The SMILES string of the molecule is CCCCCCCOc1ccc(C(=O)Oc2ccc(CN(CC(C)=O)C(=O)c3ccc(C(C)(C)C)cc3)cc2)cc1. The molecule has 3 aromatic rings. The third-order valence-electron chi connectivity index (χ3n) is 6.81. The van der Waals surface area contributed by atoms with E-state index < -0.39 is 5.97 Å². The number of benzene rings is 3. The average molecular weight is 558 g/mol. The molecule has 1 amide bonds. The van der Waals surface area contributed by atoms with Crippen molar-refractivity contribution in [2.75, 3.05) is 13.2 Å². The van der Waals surface area contributed by atoms with Crippen LogP contribution in [0.2, 0.25) is 0 Å². The summed E-state index contributed by atoms with van der Waals surface area (Å²) in [6.07, 6.45) is 5.88. The molecule has 0 aliphatic carbocycles. The molecule has 0 atom stereocenters. The van der Waals surface area contributed by atoms with E-state index in [4.69, 9.17) is 9.47 Å². The predicted molar refractivity (Wildman–Crippen MR) is 163 cm³/mol. The first-order valence-corrected chi connectivity index (χ1v) is 14.5. The van der Waals surface area contributed by atoms with Gasteiger partial charge in [-0.05, 0) is 78.4 Å². The summed E-state index contributed by atoms with van der Waals surface area (Å²) in [5.41, 5.74) is 2.90. The molecule has 6 nitrogen and oxygen atoms in total. The normalized spacial score (nSPS) is 11.1. The molecule has 0 aromatic heterocycles. The summed E-state index contributed by atoms with van der Waals surface area (Å²) < 4.78 is 11.3. The van der Waals surface area contributed by atoms with E-state index in [1.165, 1.54) is 31.1 Å². The topological polar surface area (TPSA) is 72.9 Å². The van der Waals surface area contributed by atoms with E-state index in [-0.39, 0.29) is 30.2 Å². The Morgan fingerprint density at radius 2 is 1.32 bits per heavy atom. The fourth-order valence-electron chi connectivity index (χ4n) is 4.40. The van der Waals surface area contributed by atoms with Crippen molar-refractivity contribution in [3.05, 3.63) is 95.1 Å². The zero-order valence-electron chi connectivity index (χ0n) is 25.1. The second-order valence-corrected chi connectivity index (χ2v) is 11.5. The van der Waals surface area contributed by atoms with Crippen LogP contribution in [0.5, 0.6) is 11.5 Å². The maximum atomic E-state index is 13.2. The number of ketones is 1. The number of nitrogens with zero attached hydrogens (tertiary/aromatic N) is 1. The second-order valence-electron chi connectivity index (χ2n) is 11.5. The lowest BCUT2D eigenvalue weighted by Gasteiger charge is -2.23. The van der Waals surface area contributed by atoms with Crippen molar-refractivity contribution in [3.8, 4) is 11.5 Å². The molecule has 3 rings (SSSR count). The van der Waals surface area contributed by atoms with Gasteiger partial charge in [-0.2, -0.15) is 0 Å². The van der Waals surface area contributed by atoms with Crippen molar-refractivity contribution >= 4 is 17.7 Å². The summed E-state index contributed by atoms with van der Waals surface area (Å²) in [7, 11) is 0. The maximum Gasteiger partial charge on any atom is 0.343 e. The summed E-state index contributed by atoms with van der Waals surface area (Å²) >= 11 is 0. The zero-order chi connectivity index (χ0) is 29.8. The Morgan fingerprint density at radius 3 is 1.90 bits per heavy atom. The largest absolute Gasteiger partial charge is 0.494 e. The number of ether oxygens (including phenoxy) is 2. The maximum absolute atomic E-state index is 13.2. The summed E-state index contributed by atoms with van der Waals surface area (Å²) in [5.74, 6) is 0.360. The minimum absolute atomic E-state index is 0.00909. The van der Waals surface area contributed by atoms with Crippen molar-refractivity contribution < 1.29 is 23.9 Å². The Kier molecular flexibility index (Phi) is 11.7. The number of rotatable bonds is 14. The predicted octanol–water partition coefficient (Wildman–Crippen LogP) is 7.78. The van der Waals surface area contributed by atoms with Gasteiger partial charge in [0, 0.05) is 12.1 Å². The molecule has 0 heterocycles. The Balaban J connectivity index is 1.57. The van der Waals surface area contributed by atoms with Crippen molar-refractivity contribution in [2.24, 2.45) is 0 Å². The number of esters is 1. The van der Waals surface area contributed by atoms with Crippen LogP contribution in [0.3, 0.4) is 0 Å². The van der Waals surface area contributed by atoms with Gasteiger partial charge in [0.05, 0.1) is 18.7 Å². The van der Waals surface area contributed by atoms with Crippen molar-refractivity contribution in [3.63, 3.8) is 0 Å². The van der Waals surface area contributed by atoms with Gasteiger partial charge in [-0.1, -0.05) is 77.6 Å². The minimum atomic E-state index is -0.462. The first-order chi connectivity index (χ1) is 19.6. The fourth-order valence-corrected chi connectivity index (χ4v) is 4.40. The van der Waals surface area contributed by atoms with Crippen molar-refractivity contribution in [2.45, 2.75) is 78.7 Å². The van der Waals surface area contributed by atoms with E-state index in [2.05, 4.69) is 27.7 Å². The van der Waals surface area contributed by atoms with Crippen LogP contribution in [0.15, 0.2) is 72.8 Å². The number of carbonyl (C=O) groups is 3. The molecule has 0 fully saturated rings. The highest BCUT2D eigenvalue weighted by molar-refractivity contribution is 5.96. The molecular weight excluding hydrogens is 514 g/mol. The molecule has 3 aromatic carbocycles. The number of Topliss-reactive ketones (excluding diaryl/α,β-unsaturated/α-hetero) is 1. The second kappa shape index (κ2) is 15.2. The number of amides is 1. The van der Waals surface area contributed by atoms with E-state index in [1.807, 2.05) is 24.3 Å². The lowest BCUT2D eigenvalue weighted by Crippen LogP contribution is -2.34. The molecule has 0 saturated heterocycles. The van der Waals surface area contributed by atoms with Crippen LogP contribution in [0, 0.1) is 0 Å².